The van der Waals surface area contributed by atoms with E-state index in [1.807, 2.05) is 52.0 Å². The number of hydrogen-bond acceptors (Lipinski definition) is 3. The van der Waals surface area contributed by atoms with E-state index in [-0.39, 0.29) is 5.78 Å². The van der Waals surface area contributed by atoms with Gasteiger partial charge < -0.3 is 10.1 Å². The normalized spacial score (nSPS) is 16.6. The van der Waals surface area contributed by atoms with Crippen LogP contribution in [0.2, 0.25) is 0 Å². The zero-order chi connectivity index (χ0) is 24.0. The third-order valence-electron chi connectivity index (χ3n) is 6.45. The molecule has 2 aliphatic carbocycles. The van der Waals surface area contributed by atoms with Crippen molar-refractivity contribution in [2.75, 3.05) is 0 Å². The lowest BCUT2D eigenvalue weighted by molar-refractivity contribution is -0.115. The minimum atomic E-state index is -0.679. The van der Waals surface area contributed by atoms with Crippen molar-refractivity contribution in [3.8, 4) is 0 Å². The molecule has 0 unspecified atom stereocenters. The van der Waals surface area contributed by atoms with Crippen molar-refractivity contribution in [3.63, 3.8) is 0 Å². The van der Waals surface area contributed by atoms with Gasteiger partial charge >= 0.3 is 6.09 Å². The molecule has 0 aromatic heterocycles. The number of nitrogens with one attached hydrogen (secondary N) is 1. The molecule has 2 aliphatic rings. The van der Waals surface area contributed by atoms with Gasteiger partial charge in [-0.1, -0.05) is 72.3 Å². The highest BCUT2D eigenvalue weighted by atomic mass is 16.6. The molecule has 3 aromatic carbocycles. The molecular formula is C30H29NO3. The lowest BCUT2D eigenvalue weighted by Crippen LogP contribution is -2.49. The van der Waals surface area contributed by atoms with Crippen LogP contribution in [0, 0.1) is 17.4 Å². The van der Waals surface area contributed by atoms with Gasteiger partial charge in [0.15, 0.2) is 5.78 Å². The molecule has 0 radical (unpaired) electrons. The number of aryl methyl sites for hydroxylation is 1. The number of amides is 1. The zero-order valence-corrected chi connectivity index (χ0v) is 20.1. The van der Waals surface area contributed by atoms with Crippen molar-refractivity contribution in [3.05, 3.63) is 104 Å². The van der Waals surface area contributed by atoms with E-state index in [4.69, 9.17) is 4.74 Å². The quantitative estimate of drug-likeness (QED) is 0.644. The van der Waals surface area contributed by atoms with Gasteiger partial charge in [-0.25, -0.2) is 4.79 Å². The van der Waals surface area contributed by atoms with Crippen LogP contribution in [-0.2, 0) is 22.4 Å². The Balaban J connectivity index is 1.73. The van der Waals surface area contributed by atoms with Crippen molar-refractivity contribution < 1.29 is 14.3 Å². The molecule has 0 fully saturated rings. The Bertz CT molecular complexity index is 1540. The topological polar surface area (TPSA) is 55.4 Å². The zero-order valence-electron chi connectivity index (χ0n) is 20.1. The van der Waals surface area contributed by atoms with Gasteiger partial charge in [-0.2, -0.15) is 0 Å². The minimum absolute atomic E-state index is 0.0795. The van der Waals surface area contributed by atoms with Crippen LogP contribution in [0.4, 0.5) is 4.79 Å². The minimum Gasteiger partial charge on any atom is -0.444 e. The third kappa shape index (κ3) is 4.05. The maximum atomic E-state index is 13.8. The largest absolute Gasteiger partial charge is 0.444 e. The first kappa shape index (κ1) is 22.1. The van der Waals surface area contributed by atoms with E-state index in [9.17, 15) is 9.59 Å². The lowest BCUT2D eigenvalue weighted by Gasteiger charge is -2.28. The van der Waals surface area contributed by atoms with Crippen LogP contribution in [-0.4, -0.2) is 23.5 Å². The molecule has 0 spiro atoms. The number of carbonyl (C=O) groups excluding carboxylic acids is 2. The van der Waals surface area contributed by atoms with E-state index < -0.39 is 17.7 Å². The van der Waals surface area contributed by atoms with E-state index in [1.165, 1.54) is 21.2 Å². The molecule has 172 valence electrons. The van der Waals surface area contributed by atoms with Crippen molar-refractivity contribution in [2.45, 2.75) is 52.2 Å². The summed E-state index contributed by atoms with van der Waals surface area (Å²) in [6.07, 6.45) is 2.92. The monoisotopic (exact) mass is 451 g/mol. The summed E-state index contributed by atoms with van der Waals surface area (Å²) in [6.45, 7) is 7.48. The Morgan fingerprint density at radius 1 is 0.941 bits per heavy atom. The summed E-state index contributed by atoms with van der Waals surface area (Å²) >= 11 is 0. The number of ether oxygens (including phenoxy) is 1. The number of benzene rings is 3. The van der Waals surface area contributed by atoms with Gasteiger partial charge in [0.25, 0.3) is 0 Å². The number of Topliss-reactive ketones (excluding diaryl/α,β-unsaturated/α-hetero) is 1. The summed E-state index contributed by atoms with van der Waals surface area (Å²) in [7, 11) is 0. The molecule has 0 saturated carbocycles. The number of fused-ring (bicyclic) bond motifs is 4. The van der Waals surface area contributed by atoms with Crippen LogP contribution in [0.15, 0.2) is 60.7 Å². The van der Waals surface area contributed by atoms with Crippen LogP contribution in [0.5, 0.6) is 0 Å². The molecule has 4 nitrogen and oxygen atoms in total. The van der Waals surface area contributed by atoms with Gasteiger partial charge in [0.05, 0.1) is 6.04 Å². The average Bonchev–Trinajstić information content (AvgIpc) is 2.78. The average molecular weight is 452 g/mol. The highest BCUT2D eigenvalue weighted by molar-refractivity contribution is 6.24. The number of alkyl carbamates (subject to hydrolysis) is 1. The Morgan fingerprint density at radius 2 is 1.71 bits per heavy atom. The Labute approximate surface area is 199 Å². The summed E-state index contributed by atoms with van der Waals surface area (Å²) in [5.74, 6) is -0.0795. The summed E-state index contributed by atoms with van der Waals surface area (Å²) in [5, 5.41) is 7.46. The van der Waals surface area contributed by atoms with E-state index in [2.05, 4.69) is 47.8 Å². The van der Waals surface area contributed by atoms with Gasteiger partial charge in [-0.15, -0.1) is 0 Å². The fourth-order valence-corrected chi connectivity index (χ4v) is 5.05. The number of ketones is 1. The molecule has 4 heteroatoms. The fraction of sp³-hybridized carbons (Fsp3) is 0.267. The second-order valence-electron chi connectivity index (χ2n) is 10.1. The van der Waals surface area contributed by atoms with Crippen LogP contribution in [0.3, 0.4) is 0 Å². The first-order valence-corrected chi connectivity index (χ1v) is 11.8. The lowest BCUT2D eigenvalue weighted by atomic mass is 9.80. The molecule has 0 heterocycles. The molecule has 0 bridgehead atoms. The number of carbonyl (C=O) groups is 2. The summed E-state index contributed by atoms with van der Waals surface area (Å²) < 4.78 is 5.48. The van der Waals surface area contributed by atoms with E-state index in [0.29, 0.717) is 12.0 Å². The third-order valence-corrected chi connectivity index (χ3v) is 6.45. The summed E-state index contributed by atoms with van der Waals surface area (Å²) in [6, 6.07) is 19.9. The van der Waals surface area contributed by atoms with Crippen LogP contribution in [0.1, 0.15) is 43.0 Å². The molecule has 5 rings (SSSR count). The number of rotatable bonds is 2. The highest BCUT2D eigenvalue weighted by Crippen LogP contribution is 2.25. The van der Waals surface area contributed by atoms with Crippen LogP contribution in [0.25, 0.3) is 11.6 Å². The smallest absolute Gasteiger partial charge is 0.408 e. The molecule has 1 atom stereocenters. The molecule has 0 saturated heterocycles. The fourth-order valence-electron chi connectivity index (χ4n) is 5.05. The van der Waals surface area contributed by atoms with Gasteiger partial charge in [0, 0.05) is 12.0 Å². The van der Waals surface area contributed by atoms with Gasteiger partial charge in [0.1, 0.15) is 5.60 Å². The molecule has 1 N–H and O–H groups in total. The number of hydrogen-bond donors (Lipinski definition) is 1. The SMILES string of the molecule is Cc1cccc(C2=c3ccc4c(c3C[C@H](NC(=O)OC(C)(C)C)C2=O)CC=c2ccccc2=4)c1. The molecular weight excluding hydrogens is 422 g/mol. The highest BCUT2D eigenvalue weighted by Gasteiger charge is 2.33. The molecule has 34 heavy (non-hydrogen) atoms. The van der Waals surface area contributed by atoms with Crippen LogP contribution >= 0.6 is 0 Å². The van der Waals surface area contributed by atoms with Crippen LogP contribution < -0.4 is 15.8 Å². The standard InChI is InChI=1S/C30H29NO3/c1-18-8-7-10-20(16-18)27-24-15-14-22-21-11-6-5-9-19(21)12-13-23(22)25(24)17-26(28(27)32)31-29(33)34-30(2,3)4/h5-12,14-16,26H,13,17H2,1-4H3,(H,31,33)/t26-/m0/s1. The second kappa shape index (κ2) is 8.28. The van der Waals surface area contributed by atoms with Crippen molar-refractivity contribution >= 4 is 23.5 Å². The first-order chi connectivity index (χ1) is 16.2. The predicted octanol–water partition coefficient (Wildman–Crippen LogP) is 3.84. The molecule has 1 amide bonds. The Morgan fingerprint density at radius 3 is 2.47 bits per heavy atom. The predicted molar refractivity (Wildman–Crippen MR) is 134 cm³/mol. The van der Waals surface area contributed by atoms with Gasteiger partial charge in [-0.05, 0) is 71.7 Å². The molecule has 3 aromatic rings. The first-order valence-electron chi connectivity index (χ1n) is 11.8. The van der Waals surface area contributed by atoms with E-state index >= 15 is 0 Å². The Hall–Kier alpha value is -3.66. The maximum absolute atomic E-state index is 13.8. The van der Waals surface area contributed by atoms with Crippen molar-refractivity contribution in [1.29, 1.82) is 0 Å². The van der Waals surface area contributed by atoms with E-state index in [0.717, 1.165) is 28.3 Å². The maximum Gasteiger partial charge on any atom is 0.408 e. The summed E-state index contributed by atoms with van der Waals surface area (Å²) in [4.78, 5) is 26.4. The second-order valence-corrected chi connectivity index (χ2v) is 10.1. The van der Waals surface area contributed by atoms with Gasteiger partial charge in [0.2, 0.25) is 0 Å². The van der Waals surface area contributed by atoms with Crippen molar-refractivity contribution in [1.82, 2.24) is 5.32 Å². The van der Waals surface area contributed by atoms with Crippen molar-refractivity contribution in [2.24, 2.45) is 0 Å². The molecule has 0 aliphatic heterocycles. The van der Waals surface area contributed by atoms with E-state index in [1.54, 1.807) is 0 Å². The Kier molecular flexibility index (Phi) is 5.40. The summed E-state index contributed by atoms with van der Waals surface area (Å²) in [5.41, 5.74) is 4.34. The van der Waals surface area contributed by atoms with Gasteiger partial charge in [-0.3, -0.25) is 4.79 Å².